The van der Waals surface area contributed by atoms with E-state index in [0.29, 0.717) is 30.7 Å². The highest BCUT2D eigenvalue weighted by Crippen LogP contribution is 2.36. The SMILES string of the molecule is O=C(O)CN1C(=O)N/C(=C/c2cc(Br)c(OCc3cccc([N+](=O)[O-])c3)c(Br)c2)C1=O. The molecule has 0 unspecified atom stereocenters. The van der Waals surface area contributed by atoms with Gasteiger partial charge in [0.05, 0.1) is 13.9 Å². The molecule has 160 valence electrons. The number of aliphatic carboxylic acids is 1. The van der Waals surface area contributed by atoms with Gasteiger partial charge in [-0.3, -0.25) is 19.7 Å². The Kier molecular flexibility index (Phi) is 6.71. The predicted octanol–water partition coefficient (Wildman–Crippen LogP) is 3.68. The largest absolute Gasteiger partial charge is 0.487 e. The fraction of sp³-hybridized carbons (Fsp3) is 0.105. The van der Waals surface area contributed by atoms with Crippen LogP contribution in [0.25, 0.3) is 6.08 Å². The number of nitro groups is 1. The molecule has 12 heteroatoms. The van der Waals surface area contributed by atoms with Crippen molar-refractivity contribution in [3.63, 3.8) is 0 Å². The van der Waals surface area contributed by atoms with Crippen LogP contribution in [-0.4, -0.2) is 39.4 Å². The van der Waals surface area contributed by atoms with Gasteiger partial charge in [-0.1, -0.05) is 12.1 Å². The minimum Gasteiger partial charge on any atom is -0.487 e. The second kappa shape index (κ2) is 9.27. The van der Waals surface area contributed by atoms with Crippen molar-refractivity contribution < 1.29 is 29.2 Å². The third-order valence-electron chi connectivity index (χ3n) is 4.09. The molecule has 0 aromatic heterocycles. The van der Waals surface area contributed by atoms with Crippen LogP contribution in [0.3, 0.4) is 0 Å². The fourth-order valence-corrected chi connectivity index (χ4v) is 4.18. The summed E-state index contributed by atoms with van der Waals surface area (Å²) in [6, 6.07) is 8.53. The molecule has 2 aromatic carbocycles. The van der Waals surface area contributed by atoms with Gasteiger partial charge in [-0.2, -0.15) is 0 Å². The number of hydrogen-bond acceptors (Lipinski definition) is 6. The zero-order chi connectivity index (χ0) is 22.7. The summed E-state index contributed by atoms with van der Waals surface area (Å²) in [5.74, 6) is -1.62. The van der Waals surface area contributed by atoms with Gasteiger partial charge in [-0.05, 0) is 61.2 Å². The van der Waals surface area contributed by atoms with E-state index in [1.165, 1.54) is 18.2 Å². The maximum atomic E-state index is 12.2. The van der Waals surface area contributed by atoms with E-state index in [4.69, 9.17) is 9.84 Å². The zero-order valence-corrected chi connectivity index (χ0v) is 18.7. The number of carbonyl (C=O) groups excluding carboxylic acids is 2. The van der Waals surface area contributed by atoms with E-state index in [2.05, 4.69) is 37.2 Å². The number of amides is 3. The first kappa shape index (κ1) is 22.4. The molecule has 0 bridgehead atoms. The Hall–Kier alpha value is -3.25. The molecule has 0 atom stereocenters. The van der Waals surface area contributed by atoms with Crippen molar-refractivity contribution in [3.8, 4) is 5.75 Å². The second-order valence-electron chi connectivity index (χ2n) is 6.30. The van der Waals surface area contributed by atoms with Crippen LogP contribution in [0, 0.1) is 10.1 Å². The van der Waals surface area contributed by atoms with E-state index in [-0.39, 0.29) is 18.0 Å². The minimum atomic E-state index is -1.31. The maximum absolute atomic E-state index is 12.2. The number of carboxylic acid groups (broad SMARTS) is 1. The molecule has 3 rings (SSSR count). The van der Waals surface area contributed by atoms with E-state index < -0.39 is 29.4 Å². The van der Waals surface area contributed by atoms with E-state index in [0.717, 1.165) is 0 Å². The summed E-state index contributed by atoms with van der Waals surface area (Å²) < 4.78 is 6.82. The van der Waals surface area contributed by atoms with E-state index in [1.54, 1.807) is 24.3 Å². The second-order valence-corrected chi connectivity index (χ2v) is 8.01. The Morgan fingerprint density at radius 1 is 1.23 bits per heavy atom. The molecular formula is C19H13Br2N3O7. The molecule has 1 heterocycles. The number of halogens is 2. The van der Waals surface area contributed by atoms with Gasteiger partial charge in [0.1, 0.15) is 24.6 Å². The summed E-state index contributed by atoms with van der Waals surface area (Å²) in [6.45, 7) is -0.655. The van der Waals surface area contributed by atoms with Crippen LogP contribution < -0.4 is 10.1 Å². The maximum Gasteiger partial charge on any atom is 0.329 e. The first-order valence-electron chi connectivity index (χ1n) is 8.57. The number of imide groups is 1. The van der Waals surface area contributed by atoms with Gasteiger partial charge in [0, 0.05) is 12.1 Å². The Morgan fingerprint density at radius 3 is 2.52 bits per heavy atom. The van der Waals surface area contributed by atoms with Crippen molar-refractivity contribution in [3.05, 3.63) is 72.3 Å². The van der Waals surface area contributed by atoms with Crippen molar-refractivity contribution in [2.24, 2.45) is 0 Å². The van der Waals surface area contributed by atoms with Crippen molar-refractivity contribution in [1.29, 1.82) is 0 Å². The highest BCUT2D eigenvalue weighted by Gasteiger charge is 2.34. The van der Waals surface area contributed by atoms with Gasteiger partial charge in [0.15, 0.2) is 0 Å². The molecule has 0 spiro atoms. The van der Waals surface area contributed by atoms with E-state index in [9.17, 15) is 24.5 Å². The van der Waals surface area contributed by atoms with Crippen LogP contribution in [-0.2, 0) is 16.2 Å². The number of carboxylic acids is 1. The van der Waals surface area contributed by atoms with Gasteiger partial charge in [-0.15, -0.1) is 0 Å². The fourth-order valence-electron chi connectivity index (χ4n) is 2.73. The van der Waals surface area contributed by atoms with Crippen LogP contribution in [0.2, 0.25) is 0 Å². The Labute approximate surface area is 191 Å². The molecule has 31 heavy (non-hydrogen) atoms. The summed E-state index contributed by atoms with van der Waals surface area (Å²) in [7, 11) is 0. The summed E-state index contributed by atoms with van der Waals surface area (Å²) in [5, 5.41) is 22.0. The number of urea groups is 1. The lowest BCUT2D eigenvalue weighted by Crippen LogP contribution is -2.35. The Bertz CT molecular complexity index is 1110. The van der Waals surface area contributed by atoms with Gasteiger partial charge < -0.3 is 15.2 Å². The summed E-state index contributed by atoms with van der Waals surface area (Å²) in [6.07, 6.45) is 1.40. The number of rotatable bonds is 7. The van der Waals surface area contributed by atoms with E-state index in [1.807, 2.05) is 0 Å². The first-order valence-corrected chi connectivity index (χ1v) is 10.2. The predicted molar refractivity (Wildman–Crippen MR) is 115 cm³/mol. The molecule has 3 amide bonds. The zero-order valence-electron chi connectivity index (χ0n) is 15.5. The topological polar surface area (TPSA) is 139 Å². The lowest BCUT2D eigenvalue weighted by Gasteiger charge is -2.12. The molecule has 1 fully saturated rings. The van der Waals surface area contributed by atoms with Crippen molar-refractivity contribution >= 4 is 61.5 Å². The van der Waals surface area contributed by atoms with Gasteiger partial charge in [0.25, 0.3) is 11.6 Å². The number of carbonyl (C=O) groups is 3. The number of nitro benzene ring substituents is 1. The number of non-ortho nitro benzene ring substituents is 1. The number of hydrogen-bond donors (Lipinski definition) is 2. The molecule has 1 saturated heterocycles. The average Bonchev–Trinajstić information content (AvgIpc) is 2.94. The standard InChI is InChI=1S/C19H13Br2N3O7/c20-13-5-11(7-15-18(27)23(8-16(25)26)19(28)22-15)6-14(21)17(13)31-9-10-2-1-3-12(4-10)24(29)30/h1-7H,8-9H2,(H,22,28)(H,25,26)/b15-7+. The van der Waals surface area contributed by atoms with Gasteiger partial charge in [0.2, 0.25) is 0 Å². The third kappa shape index (κ3) is 5.27. The molecule has 0 saturated carbocycles. The molecular weight excluding hydrogens is 542 g/mol. The van der Waals surface area contributed by atoms with E-state index >= 15 is 0 Å². The number of ether oxygens (including phenoxy) is 1. The van der Waals surface area contributed by atoms with Crippen LogP contribution in [0.15, 0.2) is 51.0 Å². The van der Waals surface area contributed by atoms with Crippen molar-refractivity contribution in [2.45, 2.75) is 6.61 Å². The molecule has 1 aliphatic rings. The average molecular weight is 555 g/mol. The molecule has 10 nitrogen and oxygen atoms in total. The highest BCUT2D eigenvalue weighted by atomic mass is 79.9. The minimum absolute atomic E-state index is 0.0403. The third-order valence-corrected chi connectivity index (χ3v) is 5.27. The summed E-state index contributed by atoms with van der Waals surface area (Å²) >= 11 is 6.75. The Morgan fingerprint density at radius 2 is 1.90 bits per heavy atom. The van der Waals surface area contributed by atoms with Crippen LogP contribution >= 0.6 is 31.9 Å². The molecule has 1 aliphatic heterocycles. The van der Waals surface area contributed by atoms with Crippen molar-refractivity contribution in [1.82, 2.24) is 10.2 Å². The number of nitrogens with zero attached hydrogens (tertiary/aromatic N) is 2. The Balaban J connectivity index is 1.78. The normalized spacial score (nSPS) is 14.6. The molecule has 0 radical (unpaired) electrons. The lowest BCUT2D eigenvalue weighted by atomic mass is 10.1. The van der Waals surface area contributed by atoms with Crippen LogP contribution in [0.5, 0.6) is 5.75 Å². The smallest absolute Gasteiger partial charge is 0.329 e. The first-order chi connectivity index (χ1) is 14.7. The molecule has 0 aliphatic carbocycles. The van der Waals surface area contributed by atoms with Gasteiger partial charge in [-0.25, -0.2) is 9.69 Å². The highest BCUT2D eigenvalue weighted by molar-refractivity contribution is 9.11. The van der Waals surface area contributed by atoms with Gasteiger partial charge >= 0.3 is 12.0 Å². The molecule has 2 aromatic rings. The van der Waals surface area contributed by atoms with Crippen LogP contribution in [0.4, 0.5) is 10.5 Å². The monoisotopic (exact) mass is 553 g/mol. The summed E-state index contributed by atoms with van der Waals surface area (Å²) in [4.78, 5) is 45.8. The quantitative estimate of drug-likeness (QED) is 0.230. The number of benzene rings is 2. The summed E-state index contributed by atoms with van der Waals surface area (Å²) in [5.41, 5.74) is 1.04. The number of nitrogens with one attached hydrogen (secondary N) is 1. The van der Waals surface area contributed by atoms with Crippen molar-refractivity contribution in [2.75, 3.05) is 6.54 Å². The van der Waals surface area contributed by atoms with Crippen LogP contribution in [0.1, 0.15) is 11.1 Å². The molecule has 2 N–H and O–H groups in total. The lowest BCUT2D eigenvalue weighted by molar-refractivity contribution is -0.384.